The zero-order chi connectivity index (χ0) is 36.1. The van der Waals surface area contributed by atoms with Crippen LogP contribution in [0.15, 0.2) is 71.0 Å². The lowest BCUT2D eigenvalue weighted by Gasteiger charge is -2.63. The molecule has 0 saturated heterocycles. The van der Waals surface area contributed by atoms with Gasteiger partial charge in [0.05, 0.1) is 17.2 Å². The van der Waals surface area contributed by atoms with Crippen molar-refractivity contribution in [3.8, 4) is 5.75 Å². The average Bonchev–Trinajstić information content (AvgIpc) is 3.51. The van der Waals surface area contributed by atoms with Crippen molar-refractivity contribution in [3.05, 3.63) is 98.8 Å². The zero-order valence-corrected chi connectivity index (χ0v) is 28.7. The van der Waals surface area contributed by atoms with Gasteiger partial charge in [0, 0.05) is 22.3 Å². The van der Waals surface area contributed by atoms with Crippen LogP contribution < -0.4 is 0 Å². The van der Waals surface area contributed by atoms with E-state index in [-0.39, 0.29) is 17.1 Å². The molecule has 6 rings (SSSR count). The fourth-order valence-electron chi connectivity index (χ4n) is 9.18. The molecule has 0 amide bonds. The molecule has 2 aromatic rings. The van der Waals surface area contributed by atoms with E-state index in [1.807, 2.05) is 30.4 Å². The number of ketones is 4. The maximum atomic E-state index is 14.7. The van der Waals surface area contributed by atoms with Crippen molar-refractivity contribution < 1.29 is 44.7 Å². The lowest BCUT2D eigenvalue weighted by molar-refractivity contribution is -0.215. The summed E-state index contributed by atoms with van der Waals surface area (Å²) in [5, 5.41) is 59.7. The molecule has 0 radical (unpaired) electrons. The van der Waals surface area contributed by atoms with Crippen LogP contribution in [-0.2, 0) is 20.8 Å². The fourth-order valence-corrected chi connectivity index (χ4v) is 9.18. The first-order chi connectivity index (χ1) is 22.8. The molecule has 0 heterocycles. The Labute approximate surface area is 285 Å². The van der Waals surface area contributed by atoms with Gasteiger partial charge in [0.15, 0.2) is 23.0 Å². The summed E-state index contributed by atoms with van der Waals surface area (Å²) in [5.74, 6) is -7.36. The summed E-state index contributed by atoms with van der Waals surface area (Å²) in [6.07, 6.45) is 3.25. The van der Waals surface area contributed by atoms with Crippen LogP contribution in [0.25, 0.3) is 11.3 Å². The van der Waals surface area contributed by atoms with Crippen LogP contribution in [0.3, 0.4) is 0 Å². The quantitative estimate of drug-likeness (QED) is 0.187. The van der Waals surface area contributed by atoms with Crippen LogP contribution in [0.5, 0.6) is 5.75 Å². The van der Waals surface area contributed by atoms with Gasteiger partial charge in [-0.2, -0.15) is 0 Å². The lowest BCUT2D eigenvalue weighted by Crippen LogP contribution is -2.75. The highest BCUT2D eigenvalue weighted by molar-refractivity contribution is 6.24. The smallest absolute Gasteiger partial charge is 0.203 e. The van der Waals surface area contributed by atoms with E-state index in [0.29, 0.717) is 29.5 Å². The number of aliphatic hydroxyl groups is 4. The molecule has 256 valence electrons. The predicted molar refractivity (Wildman–Crippen MR) is 183 cm³/mol. The first kappa shape index (κ1) is 34.3. The predicted octanol–water partition coefficient (Wildman–Crippen LogP) is 5.88. The number of carbonyl (C=O) groups excluding carboxylic acids is 4. The molecule has 0 aromatic heterocycles. The number of allylic oxidation sites excluding steroid dienone is 5. The number of Topliss-reactive ketones (excluding diaryl/α,β-unsaturated/α-hetero) is 4. The van der Waals surface area contributed by atoms with E-state index in [1.54, 1.807) is 45.9 Å². The van der Waals surface area contributed by atoms with Gasteiger partial charge in [0.2, 0.25) is 5.78 Å². The third-order valence-corrected chi connectivity index (χ3v) is 11.9. The molecule has 1 fully saturated rings. The molecule has 0 spiro atoms. The van der Waals surface area contributed by atoms with Crippen LogP contribution in [-0.4, -0.2) is 60.4 Å². The highest BCUT2D eigenvalue weighted by Gasteiger charge is 2.77. The number of benzene rings is 2. The van der Waals surface area contributed by atoms with E-state index in [2.05, 4.69) is 0 Å². The Morgan fingerprint density at radius 3 is 2.29 bits per heavy atom. The van der Waals surface area contributed by atoms with Crippen molar-refractivity contribution in [2.45, 2.75) is 78.9 Å². The SMILES string of the molecule is CC(=O)C1=C(O)[C@]2(O)C(=O)C3=C(O)c4c(ccc(CC5=CC(c6cccc(C(C)=O)c6)=CC5)c4O)[C@@H](C)[C@]3(C)[C@@H](O)[C@]2(C)C(C(C)C)C1=O. The molecule has 4 aliphatic rings. The van der Waals surface area contributed by atoms with Crippen LogP contribution in [0.4, 0.5) is 0 Å². The van der Waals surface area contributed by atoms with Gasteiger partial charge in [0.1, 0.15) is 22.8 Å². The first-order valence-electron chi connectivity index (χ1n) is 16.6. The molecule has 6 atom stereocenters. The summed E-state index contributed by atoms with van der Waals surface area (Å²) >= 11 is 0. The van der Waals surface area contributed by atoms with Crippen molar-refractivity contribution in [2.24, 2.45) is 22.7 Å². The molecule has 9 nitrogen and oxygen atoms in total. The largest absolute Gasteiger partial charge is 0.508 e. The summed E-state index contributed by atoms with van der Waals surface area (Å²) < 4.78 is 0. The second-order valence-electron chi connectivity index (χ2n) is 14.8. The van der Waals surface area contributed by atoms with E-state index in [9.17, 15) is 44.7 Å². The Morgan fingerprint density at radius 1 is 1.00 bits per heavy atom. The molecule has 2 aromatic carbocycles. The number of fused-ring (bicyclic) bond motifs is 3. The highest BCUT2D eigenvalue weighted by atomic mass is 16.4. The van der Waals surface area contributed by atoms with E-state index in [0.717, 1.165) is 23.6 Å². The topological polar surface area (TPSA) is 169 Å². The van der Waals surface area contributed by atoms with E-state index in [1.165, 1.54) is 13.8 Å². The molecule has 9 heteroatoms. The molecular weight excluding hydrogens is 624 g/mol. The minimum atomic E-state index is -2.93. The normalized spacial score (nSPS) is 30.9. The molecule has 49 heavy (non-hydrogen) atoms. The minimum Gasteiger partial charge on any atom is -0.508 e. The number of hydrogen-bond donors (Lipinski definition) is 5. The molecule has 0 bridgehead atoms. The van der Waals surface area contributed by atoms with E-state index in [4.69, 9.17) is 0 Å². The number of carbonyl (C=O) groups is 4. The van der Waals surface area contributed by atoms with Crippen molar-refractivity contribution in [3.63, 3.8) is 0 Å². The lowest BCUT2D eigenvalue weighted by atomic mass is 9.40. The summed E-state index contributed by atoms with van der Waals surface area (Å²) in [6.45, 7) is 10.6. The van der Waals surface area contributed by atoms with Crippen molar-refractivity contribution in [2.75, 3.05) is 0 Å². The van der Waals surface area contributed by atoms with Crippen molar-refractivity contribution in [1.82, 2.24) is 0 Å². The zero-order valence-electron chi connectivity index (χ0n) is 28.7. The number of rotatable bonds is 6. The number of aliphatic hydroxyl groups excluding tert-OH is 3. The summed E-state index contributed by atoms with van der Waals surface area (Å²) in [7, 11) is 0. The summed E-state index contributed by atoms with van der Waals surface area (Å²) in [5.41, 5.74) is -3.30. The maximum Gasteiger partial charge on any atom is 0.203 e. The van der Waals surface area contributed by atoms with Gasteiger partial charge in [-0.25, -0.2) is 0 Å². The van der Waals surface area contributed by atoms with E-state index < -0.39 is 80.3 Å². The standard InChI is InChI=1S/C40H42O9/c1-18(2)30-33(44)28(21(5)42)35(46)40(49)36(47)31-34(45)29-27(19(3)38(31,6)37(48)39(30,40)7)14-13-26(32(29)43)16-22-11-12-25(15-22)24-10-8-9-23(17-24)20(4)41/h8-10,12-15,17-19,30,37,43,45-46,48-49H,11,16H2,1-7H3/t19-,30?,37-,38+,39+,40+/m1/s1. The number of phenolic OH excluding ortho intramolecular Hbond substituents is 1. The van der Waals surface area contributed by atoms with Gasteiger partial charge in [-0.3, -0.25) is 19.2 Å². The Kier molecular flexibility index (Phi) is 7.85. The second-order valence-corrected chi connectivity index (χ2v) is 14.8. The number of hydrogen-bond acceptors (Lipinski definition) is 9. The van der Waals surface area contributed by atoms with Crippen LogP contribution >= 0.6 is 0 Å². The van der Waals surface area contributed by atoms with Gasteiger partial charge < -0.3 is 25.5 Å². The Bertz CT molecular complexity index is 2010. The third-order valence-electron chi connectivity index (χ3n) is 11.9. The van der Waals surface area contributed by atoms with Crippen LogP contribution in [0.1, 0.15) is 93.4 Å². The maximum absolute atomic E-state index is 14.7. The Hall–Kier alpha value is -4.60. The summed E-state index contributed by atoms with van der Waals surface area (Å²) in [4.78, 5) is 53.0. The third kappa shape index (κ3) is 4.37. The van der Waals surface area contributed by atoms with Crippen LogP contribution in [0, 0.1) is 22.7 Å². The number of phenols is 1. The Balaban J connectivity index is 1.48. The van der Waals surface area contributed by atoms with Gasteiger partial charge in [0.25, 0.3) is 0 Å². The molecule has 5 N–H and O–H groups in total. The monoisotopic (exact) mass is 666 g/mol. The van der Waals surface area contributed by atoms with Gasteiger partial charge in [-0.05, 0) is 66.9 Å². The first-order valence-corrected chi connectivity index (χ1v) is 16.6. The van der Waals surface area contributed by atoms with E-state index >= 15 is 0 Å². The molecule has 0 aliphatic heterocycles. The van der Waals surface area contributed by atoms with Gasteiger partial charge in [-0.15, -0.1) is 0 Å². The second kappa shape index (κ2) is 11.2. The molecule has 4 aliphatic carbocycles. The van der Waals surface area contributed by atoms with Crippen LogP contribution in [0.2, 0.25) is 0 Å². The minimum absolute atomic E-state index is 0.0197. The van der Waals surface area contributed by atoms with Crippen molar-refractivity contribution in [1.29, 1.82) is 0 Å². The van der Waals surface area contributed by atoms with Gasteiger partial charge >= 0.3 is 0 Å². The van der Waals surface area contributed by atoms with Gasteiger partial charge in [-0.1, -0.05) is 82.7 Å². The fraction of sp³-hybridized carbons (Fsp3) is 0.400. The highest BCUT2D eigenvalue weighted by Crippen LogP contribution is 2.67. The summed E-state index contributed by atoms with van der Waals surface area (Å²) in [6, 6.07) is 10.8. The number of aromatic hydroxyl groups is 1. The van der Waals surface area contributed by atoms with Crippen molar-refractivity contribution >= 4 is 34.5 Å². The molecule has 1 saturated carbocycles. The molecular formula is C40H42O9. The Morgan fingerprint density at radius 2 is 1.67 bits per heavy atom. The average molecular weight is 667 g/mol. The molecule has 1 unspecified atom stereocenters.